The summed E-state index contributed by atoms with van der Waals surface area (Å²) in [4.78, 5) is 41.2. The number of likely N-dealkylation sites (tertiary alicyclic amines) is 1. The highest BCUT2D eigenvalue weighted by Gasteiger charge is 2.70. The van der Waals surface area contributed by atoms with Crippen molar-refractivity contribution in [1.29, 1.82) is 0 Å². The van der Waals surface area contributed by atoms with Crippen LogP contribution in [0.5, 0.6) is 0 Å². The highest BCUT2D eigenvalue weighted by Crippen LogP contribution is 2.77. The maximum atomic E-state index is 14.0. The third-order valence-electron chi connectivity index (χ3n) is 16.8. The number of ether oxygens (including phenoxy) is 1. The average molecular weight is 711 g/mol. The molecule has 51 heavy (non-hydrogen) atoms. The van der Waals surface area contributed by atoms with Crippen LogP contribution >= 0.6 is 0 Å². The number of ketones is 1. The zero-order valence-electron chi connectivity index (χ0n) is 33.6. The Morgan fingerprint density at radius 3 is 2.22 bits per heavy atom. The molecule has 288 valence electrons. The van der Waals surface area contributed by atoms with Gasteiger partial charge in [0, 0.05) is 29.8 Å². The lowest BCUT2D eigenvalue weighted by atomic mass is 9.33. The Morgan fingerprint density at radius 2 is 1.59 bits per heavy atom. The number of nitrogens with zero attached hydrogens (tertiary/aromatic N) is 1. The number of hydrogen-bond donors (Lipinski definition) is 3. The number of allylic oxidation sites excluding steroid dienone is 1. The van der Waals surface area contributed by atoms with Crippen LogP contribution < -0.4 is 5.32 Å². The molecule has 5 aliphatic carbocycles. The monoisotopic (exact) mass is 711 g/mol. The molecule has 1 aliphatic heterocycles. The van der Waals surface area contributed by atoms with E-state index in [0.717, 1.165) is 82.9 Å². The van der Waals surface area contributed by atoms with Gasteiger partial charge < -0.3 is 25.2 Å². The number of carboxylic acid groups (broad SMARTS) is 1. The number of nitrogens with one attached hydrogen (secondary N) is 1. The summed E-state index contributed by atoms with van der Waals surface area (Å²) in [6, 6.07) is 0.417. The Bertz CT molecular complexity index is 1430. The molecule has 8 nitrogen and oxygen atoms in total. The van der Waals surface area contributed by atoms with E-state index in [1.165, 1.54) is 5.57 Å². The van der Waals surface area contributed by atoms with Gasteiger partial charge >= 0.3 is 11.9 Å². The number of aliphatic carboxylic acids is 1. The Kier molecular flexibility index (Phi) is 10.1. The van der Waals surface area contributed by atoms with Crippen molar-refractivity contribution < 1.29 is 29.3 Å². The van der Waals surface area contributed by atoms with Crippen molar-refractivity contribution in [3.05, 3.63) is 11.1 Å². The zero-order valence-corrected chi connectivity index (χ0v) is 33.6. The first-order chi connectivity index (χ1) is 23.6. The molecule has 0 aromatic heterocycles. The third-order valence-corrected chi connectivity index (χ3v) is 16.8. The van der Waals surface area contributed by atoms with Gasteiger partial charge in [-0.3, -0.25) is 14.4 Å². The number of fused-ring (bicyclic) bond motifs is 7. The summed E-state index contributed by atoms with van der Waals surface area (Å²) < 4.78 is 6.17. The van der Waals surface area contributed by atoms with E-state index in [4.69, 9.17) is 4.74 Å². The fourth-order valence-electron chi connectivity index (χ4n) is 13.6. The molecule has 0 amide bonds. The van der Waals surface area contributed by atoms with Crippen molar-refractivity contribution in [3.63, 3.8) is 0 Å². The number of aliphatic hydroxyl groups is 1. The van der Waals surface area contributed by atoms with Gasteiger partial charge in [0.05, 0.1) is 17.9 Å². The van der Waals surface area contributed by atoms with Crippen LogP contribution in [-0.2, 0) is 19.1 Å². The summed E-state index contributed by atoms with van der Waals surface area (Å²) >= 11 is 0. The predicted octanol–water partition coefficient (Wildman–Crippen LogP) is 7.42. The number of hydrogen-bond acceptors (Lipinski definition) is 7. The summed E-state index contributed by atoms with van der Waals surface area (Å²) in [6.07, 6.45) is 9.73. The molecule has 3 N–H and O–H groups in total. The molecule has 5 fully saturated rings. The van der Waals surface area contributed by atoms with Gasteiger partial charge in [0.2, 0.25) is 0 Å². The Morgan fingerprint density at radius 1 is 0.922 bits per heavy atom. The molecule has 1 heterocycles. The van der Waals surface area contributed by atoms with Gasteiger partial charge in [0.1, 0.15) is 6.10 Å². The predicted molar refractivity (Wildman–Crippen MR) is 200 cm³/mol. The molecule has 2 unspecified atom stereocenters. The molecule has 0 aromatic carbocycles. The van der Waals surface area contributed by atoms with E-state index in [9.17, 15) is 24.6 Å². The second-order valence-electron chi connectivity index (χ2n) is 20.6. The molecule has 0 spiro atoms. The van der Waals surface area contributed by atoms with Crippen LogP contribution in [-0.4, -0.2) is 77.8 Å². The number of carbonyl (C=O) groups is 3. The van der Waals surface area contributed by atoms with Crippen molar-refractivity contribution in [2.75, 3.05) is 26.7 Å². The summed E-state index contributed by atoms with van der Waals surface area (Å²) in [5.74, 6) is 0.204. The van der Waals surface area contributed by atoms with E-state index < -0.39 is 28.9 Å². The molecular formula is C43H70N2O6. The van der Waals surface area contributed by atoms with Gasteiger partial charge in [-0.2, -0.15) is 0 Å². The summed E-state index contributed by atoms with van der Waals surface area (Å²) in [6.45, 7) is 22.5. The number of esters is 1. The lowest BCUT2D eigenvalue weighted by Crippen LogP contribution is -2.66. The van der Waals surface area contributed by atoms with E-state index in [1.54, 1.807) is 13.8 Å². The van der Waals surface area contributed by atoms with E-state index in [-0.39, 0.29) is 51.8 Å². The highest BCUT2D eigenvalue weighted by molar-refractivity contribution is 6.00. The van der Waals surface area contributed by atoms with Crippen molar-refractivity contribution in [2.45, 2.75) is 158 Å². The largest absolute Gasteiger partial charge is 0.481 e. The fourth-order valence-corrected chi connectivity index (χ4v) is 13.6. The van der Waals surface area contributed by atoms with Crippen molar-refractivity contribution in [2.24, 2.45) is 56.2 Å². The lowest BCUT2D eigenvalue weighted by molar-refractivity contribution is -0.235. The maximum absolute atomic E-state index is 14.0. The molecule has 0 bridgehead atoms. The van der Waals surface area contributed by atoms with Crippen LogP contribution in [0.25, 0.3) is 0 Å². The maximum Gasteiger partial charge on any atom is 0.309 e. The quantitative estimate of drug-likeness (QED) is 0.212. The normalized spacial score (nSPS) is 40.7. The van der Waals surface area contributed by atoms with Crippen LogP contribution in [0.2, 0.25) is 0 Å². The van der Waals surface area contributed by atoms with Gasteiger partial charge in [0.25, 0.3) is 0 Å². The minimum Gasteiger partial charge on any atom is -0.481 e. The molecule has 6 rings (SSSR count). The van der Waals surface area contributed by atoms with Gasteiger partial charge in [-0.05, 0) is 144 Å². The van der Waals surface area contributed by atoms with E-state index >= 15 is 0 Å². The van der Waals surface area contributed by atoms with Crippen LogP contribution in [0, 0.1) is 56.2 Å². The van der Waals surface area contributed by atoms with E-state index in [0.29, 0.717) is 30.8 Å². The second-order valence-corrected chi connectivity index (χ2v) is 20.6. The molecule has 8 heteroatoms. The van der Waals surface area contributed by atoms with Gasteiger partial charge in [-0.25, -0.2) is 0 Å². The van der Waals surface area contributed by atoms with E-state index in [1.807, 2.05) is 0 Å². The van der Waals surface area contributed by atoms with Crippen molar-refractivity contribution >= 4 is 17.7 Å². The first-order valence-corrected chi connectivity index (χ1v) is 20.4. The molecule has 0 aromatic rings. The number of carboxylic acids is 1. The summed E-state index contributed by atoms with van der Waals surface area (Å²) in [7, 11) is 2.18. The number of piperidine rings is 1. The van der Waals surface area contributed by atoms with Crippen LogP contribution in [0.1, 0.15) is 139 Å². The molecule has 9 atom stereocenters. The van der Waals surface area contributed by atoms with Crippen LogP contribution in [0.15, 0.2) is 11.1 Å². The zero-order chi connectivity index (χ0) is 37.5. The molecular weight excluding hydrogens is 640 g/mol. The number of aliphatic hydroxyl groups excluding tert-OH is 1. The van der Waals surface area contributed by atoms with Crippen molar-refractivity contribution in [1.82, 2.24) is 10.2 Å². The fraction of sp³-hybridized carbons (Fsp3) is 0.884. The smallest absolute Gasteiger partial charge is 0.309 e. The highest BCUT2D eigenvalue weighted by atomic mass is 16.5. The Balaban J connectivity index is 1.26. The minimum atomic E-state index is -1.16. The molecule has 4 saturated carbocycles. The van der Waals surface area contributed by atoms with Gasteiger partial charge in [-0.1, -0.05) is 54.0 Å². The number of Topliss-reactive ketones (excluding diaryl/α,β-unsaturated/α-hetero) is 1. The average Bonchev–Trinajstić information content (AvgIpc) is 3.35. The Hall–Kier alpha value is -1.77. The number of rotatable bonds is 9. The van der Waals surface area contributed by atoms with Gasteiger partial charge in [0.15, 0.2) is 5.78 Å². The first kappa shape index (κ1) is 38.9. The third kappa shape index (κ3) is 6.08. The SMILES string of the molecule is CC(C)C1=C2[C@H]3CC[C@@H]4[C@@]5(C)CC[C@H](OC(=O)CC(C)(C)C(=O)O)C(C)(C)[C@@H]5CC[C@@]4(C)[C@]3(C)CCC2(C(O)CNC2CCN(C)CC2)CC1=O. The number of carbonyl (C=O) groups excluding carboxylic acids is 2. The Labute approximate surface area is 308 Å². The summed E-state index contributed by atoms with van der Waals surface area (Å²) in [5, 5.41) is 25.6. The van der Waals surface area contributed by atoms with Gasteiger partial charge in [-0.15, -0.1) is 0 Å². The molecule has 0 radical (unpaired) electrons. The van der Waals surface area contributed by atoms with Crippen molar-refractivity contribution in [3.8, 4) is 0 Å². The summed E-state index contributed by atoms with van der Waals surface area (Å²) in [5.41, 5.74) is 0.690. The molecule has 1 saturated heterocycles. The van der Waals surface area contributed by atoms with Crippen LogP contribution in [0.4, 0.5) is 0 Å². The standard InChI is InChI=1S/C43H70N2O6/c1-26(2)35-29(46)23-43(32(47)25-44-27-15-21-45(10)22-16-27)20-19-41(8)28(36(35)43)11-12-31-40(7)17-14-33(51-34(48)24-38(3,4)37(49)50)39(5,6)30(40)13-18-42(31,41)9/h26-28,30-33,44,47H,11-25H2,1-10H3,(H,49,50)/t28-,30+,31-,32?,33+,40+,41-,42-,43?/m1/s1. The lowest BCUT2D eigenvalue weighted by Gasteiger charge is -2.72. The second kappa shape index (κ2) is 13.2. The minimum absolute atomic E-state index is 0.0183. The topological polar surface area (TPSA) is 116 Å². The first-order valence-electron chi connectivity index (χ1n) is 20.4. The molecule has 6 aliphatic rings. The van der Waals surface area contributed by atoms with Crippen LogP contribution in [0.3, 0.4) is 0 Å². The van der Waals surface area contributed by atoms with E-state index in [2.05, 4.69) is 65.7 Å².